The second kappa shape index (κ2) is 4.47. The average molecular weight is 272 g/mol. The van der Waals surface area contributed by atoms with Crippen LogP contribution in [0.3, 0.4) is 0 Å². The Morgan fingerprint density at radius 1 is 1.41 bits per heavy atom. The first-order chi connectivity index (χ1) is 8.02. The van der Waals surface area contributed by atoms with Gasteiger partial charge >= 0.3 is 5.97 Å². The van der Waals surface area contributed by atoms with Gasteiger partial charge in [-0.15, -0.1) is 0 Å². The number of ether oxygens (including phenoxy) is 1. The van der Waals surface area contributed by atoms with E-state index in [9.17, 15) is 9.59 Å². The highest BCUT2D eigenvalue weighted by Crippen LogP contribution is 2.30. The minimum Gasteiger partial charge on any atom is -0.464 e. The molecule has 0 saturated heterocycles. The number of carbonyl (C=O) groups excluding carboxylic acids is 2. The smallest absolute Gasteiger partial charge is 0.356 e. The lowest BCUT2D eigenvalue weighted by Crippen LogP contribution is -2.28. The van der Waals surface area contributed by atoms with E-state index in [1.807, 2.05) is 0 Å². The van der Waals surface area contributed by atoms with Crippen molar-refractivity contribution in [2.45, 2.75) is 0 Å². The number of allylic oxidation sites excluding steroid dienone is 5. The van der Waals surface area contributed by atoms with Gasteiger partial charge in [-0.25, -0.2) is 9.79 Å². The maximum absolute atomic E-state index is 11.8. The molecule has 0 aromatic carbocycles. The van der Waals surface area contributed by atoms with E-state index in [1.165, 1.54) is 13.2 Å². The van der Waals surface area contributed by atoms with Crippen molar-refractivity contribution in [3.63, 3.8) is 0 Å². The SMILES string of the molecule is COC(=O)C1=CC(=O)C2C=C(Cl)C=C(Cl)C2=N1. The summed E-state index contributed by atoms with van der Waals surface area (Å²) in [5.74, 6) is -1.58. The first kappa shape index (κ1) is 12.1. The summed E-state index contributed by atoms with van der Waals surface area (Å²) in [4.78, 5) is 27.1. The number of carbonyl (C=O) groups is 2. The van der Waals surface area contributed by atoms with Crippen LogP contribution >= 0.6 is 23.2 Å². The van der Waals surface area contributed by atoms with Gasteiger partial charge in [-0.1, -0.05) is 23.2 Å². The molecule has 0 N–H and O–H groups in total. The van der Waals surface area contributed by atoms with Crippen LogP contribution in [0.5, 0.6) is 0 Å². The van der Waals surface area contributed by atoms with Crippen LogP contribution in [-0.4, -0.2) is 24.6 Å². The van der Waals surface area contributed by atoms with E-state index < -0.39 is 11.9 Å². The van der Waals surface area contributed by atoms with E-state index in [1.54, 1.807) is 6.08 Å². The monoisotopic (exact) mass is 271 g/mol. The van der Waals surface area contributed by atoms with Crippen molar-refractivity contribution in [1.82, 2.24) is 0 Å². The van der Waals surface area contributed by atoms with Crippen molar-refractivity contribution in [3.8, 4) is 0 Å². The molecule has 88 valence electrons. The van der Waals surface area contributed by atoms with Gasteiger partial charge in [-0.2, -0.15) is 0 Å². The predicted molar refractivity (Wildman–Crippen MR) is 63.9 cm³/mol. The second-order valence-electron chi connectivity index (χ2n) is 3.44. The van der Waals surface area contributed by atoms with Crippen molar-refractivity contribution in [3.05, 3.63) is 34.0 Å². The number of aliphatic imine (C=N–C) groups is 1. The molecule has 1 heterocycles. The fraction of sp³-hybridized carbons (Fsp3) is 0.182. The number of rotatable bonds is 1. The third-order valence-electron chi connectivity index (χ3n) is 2.35. The van der Waals surface area contributed by atoms with Crippen LogP contribution in [0.15, 0.2) is 39.0 Å². The number of hydrogen-bond donors (Lipinski definition) is 0. The number of nitrogens with zero attached hydrogens (tertiary/aromatic N) is 1. The normalized spacial score (nSPS) is 23.0. The maximum Gasteiger partial charge on any atom is 0.356 e. The molecule has 1 aliphatic heterocycles. The van der Waals surface area contributed by atoms with Crippen molar-refractivity contribution in [2.75, 3.05) is 7.11 Å². The van der Waals surface area contributed by atoms with Crippen molar-refractivity contribution >= 4 is 40.7 Å². The summed E-state index contributed by atoms with van der Waals surface area (Å²) in [7, 11) is 1.22. The molecule has 0 amide bonds. The van der Waals surface area contributed by atoms with Gasteiger partial charge < -0.3 is 4.74 Å². The molecule has 0 aromatic heterocycles. The summed E-state index contributed by atoms with van der Waals surface area (Å²) in [6.07, 6.45) is 4.15. The molecular weight excluding hydrogens is 265 g/mol. The van der Waals surface area contributed by atoms with Crippen LogP contribution in [0.25, 0.3) is 0 Å². The van der Waals surface area contributed by atoms with Gasteiger partial charge in [0.05, 0.1) is 23.8 Å². The van der Waals surface area contributed by atoms with Crippen LogP contribution in [0.1, 0.15) is 0 Å². The Morgan fingerprint density at radius 3 is 2.76 bits per heavy atom. The van der Waals surface area contributed by atoms with Crippen LogP contribution in [-0.2, 0) is 14.3 Å². The molecule has 0 fully saturated rings. The molecule has 1 atom stereocenters. The molecule has 0 aromatic rings. The quantitative estimate of drug-likeness (QED) is 0.685. The van der Waals surface area contributed by atoms with E-state index in [-0.39, 0.29) is 16.5 Å². The Hall–Kier alpha value is -1.39. The average Bonchev–Trinajstić information content (AvgIpc) is 2.29. The molecule has 1 unspecified atom stereocenters. The molecule has 4 nitrogen and oxygen atoms in total. The zero-order valence-corrected chi connectivity index (χ0v) is 10.2. The minimum atomic E-state index is -0.672. The van der Waals surface area contributed by atoms with Gasteiger partial charge in [-0.05, 0) is 12.2 Å². The number of hydrogen-bond acceptors (Lipinski definition) is 4. The summed E-state index contributed by atoms with van der Waals surface area (Å²) >= 11 is 11.7. The molecule has 6 heteroatoms. The number of esters is 1. The van der Waals surface area contributed by atoms with E-state index in [4.69, 9.17) is 23.2 Å². The Bertz CT molecular complexity index is 529. The largest absolute Gasteiger partial charge is 0.464 e. The van der Waals surface area contributed by atoms with E-state index in [0.717, 1.165) is 6.08 Å². The third-order valence-corrected chi connectivity index (χ3v) is 2.89. The molecule has 0 radical (unpaired) electrons. The molecule has 17 heavy (non-hydrogen) atoms. The fourth-order valence-corrected chi connectivity index (χ4v) is 2.13. The van der Waals surface area contributed by atoms with Crippen molar-refractivity contribution in [2.24, 2.45) is 10.9 Å². The Kier molecular flexibility index (Phi) is 3.17. The zero-order valence-electron chi connectivity index (χ0n) is 8.74. The fourth-order valence-electron chi connectivity index (χ4n) is 1.57. The molecule has 1 aliphatic carbocycles. The predicted octanol–water partition coefficient (Wildman–Crippen LogP) is 1.94. The molecule has 0 bridgehead atoms. The highest BCUT2D eigenvalue weighted by Gasteiger charge is 2.32. The summed E-state index contributed by atoms with van der Waals surface area (Å²) in [6.45, 7) is 0. The molecule has 2 aliphatic rings. The summed E-state index contributed by atoms with van der Waals surface area (Å²) in [5, 5.41) is 0.632. The number of fused-ring (bicyclic) bond motifs is 1. The summed E-state index contributed by atoms with van der Waals surface area (Å²) < 4.78 is 4.50. The lowest BCUT2D eigenvalue weighted by molar-refractivity contribution is -0.136. The van der Waals surface area contributed by atoms with Crippen LogP contribution in [0.2, 0.25) is 0 Å². The third kappa shape index (κ3) is 2.18. The Balaban J connectivity index is 2.45. The lowest BCUT2D eigenvalue weighted by atomic mass is 9.91. The van der Waals surface area contributed by atoms with Gasteiger partial charge in [0.15, 0.2) is 11.5 Å². The number of methoxy groups -OCH3 is 1. The number of ketones is 1. The van der Waals surface area contributed by atoms with Crippen LogP contribution in [0, 0.1) is 5.92 Å². The highest BCUT2D eigenvalue weighted by atomic mass is 35.5. The first-order valence-corrected chi connectivity index (χ1v) is 5.46. The van der Waals surface area contributed by atoms with Gasteiger partial charge in [0.2, 0.25) is 0 Å². The van der Waals surface area contributed by atoms with Crippen molar-refractivity contribution < 1.29 is 14.3 Å². The summed E-state index contributed by atoms with van der Waals surface area (Å²) in [6, 6.07) is 0. The van der Waals surface area contributed by atoms with Gasteiger partial charge in [0.25, 0.3) is 0 Å². The molecule has 0 saturated carbocycles. The maximum atomic E-state index is 11.8. The topological polar surface area (TPSA) is 55.7 Å². The van der Waals surface area contributed by atoms with Gasteiger partial charge in [0, 0.05) is 11.1 Å². The van der Waals surface area contributed by atoms with E-state index >= 15 is 0 Å². The van der Waals surface area contributed by atoms with Crippen molar-refractivity contribution in [1.29, 1.82) is 0 Å². The van der Waals surface area contributed by atoms with Gasteiger partial charge in [-0.3, -0.25) is 4.79 Å². The van der Waals surface area contributed by atoms with E-state index in [2.05, 4.69) is 9.73 Å². The standard InChI is InChI=1S/C11H7Cl2NO3/c1-17-11(16)8-4-9(15)6-2-5(12)3-7(13)10(6)14-8/h2-4,6H,1H3. The molecule has 0 spiro atoms. The second-order valence-corrected chi connectivity index (χ2v) is 4.29. The molecule has 2 rings (SSSR count). The minimum absolute atomic E-state index is 0.0540. The Labute approximate surface area is 107 Å². The summed E-state index contributed by atoms with van der Waals surface area (Å²) in [5.41, 5.74) is 0.269. The lowest BCUT2D eigenvalue weighted by Gasteiger charge is -2.20. The van der Waals surface area contributed by atoms with Gasteiger partial charge in [0.1, 0.15) is 0 Å². The highest BCUT2D eigenvalue weighted by molar-refractivity contribution is 6.48. The van der Waals surface area contributed by atoms with Crippen LogP contribution in [0.4, 0.5) is 0 Å². The zero-order chi connectivity index (χ0) is 12.6. The number of halogens is 2. The Morgan fingerprint density at radius 2 is 2.12 bits per heavy atom. The van der Waals surface area contributed by atoms with E-state index in [0.29, 0.717) is 10.7 Å². The first-order valence-electron chi connectivity index (χ1n) is 4.70. The van der Waals surface area contributed by atoms with Crippen LogP contribution < -0.4 is 0 Å². The molecular formula is C11H7Cl2NO3.